The molecule has 0 spiro atoms. The molecule has 0 radical (unpaired) electrons. The molecule has 12 bridgehead atoms. The number of hydrogen-bond acceptors (Lipinski definition) is 6. The minimum Gasteiger partial charge on any atom is -0.493 e. The standard InChI is InChI=1S/C54H70N2O6/c1-51(2,3)41-23-33-19-34-24-42(52(4,5)6)26-36-21-38-28-44(54(10,11)12)30-40(50(38)62-32-46(58)56-16-14-18-60-48(34)36)22-39-29-43(53(7,8)9)27-37-20-35(25-41)47(33)59-17-13-15-55-45(57)31-61-49(37)39/h23-30H,13-22,31-32H2,1-12H3,(H,55,57)(H,56,58). The third-order valence-corrected chi connectivity index (χ3v) is 12.4. The molecular weight excluding hydrogens is 773 g/mol. The minimum atomic E-state index is -0.201. The van der Waals surface area contributed by atoms with E-state index < -0.39 is 0 Å². The molecule has 3 aliphatic rings. The van der Waals surface area contributed by atoms with E-state index in [0.29, 0.717) is 76.3 Å². The van der Waals surface area contributed by atoms with Crippen LogP contribution in [0.3, 0.4) is 0 Å². The molecule has 62 heavy (non-hydrogen) atoms. The molecule has 1 aliphatic carbocycles. The number of ether oxygens (including phenoxy) is 4. The van der Waals surface area contributed by atoms with E-state index in [0.717, 1.165) is 56.0 Å². The summed E-state index contributed by atoms with van der Waals surface area (Å²) in [6.07, 6.45) is 3.41. The molecule has 332 valence electrons. The van der Waals surface area contributed by atoms with Gasteiger partial charge in [-0.25, -0.2) is 0 Å². The number of carbonyl (C=O) groups excluding carboxylic acids is 2. The van der Waals surface area contributed by atoms with E-state index in [2.05, 4.69) is 142 Å². The Hall–Kier alpha value is -4.98. The molecule has 0 saturated carbocycles. The molecule has 2 aliphatic heterocycles. The maximum Gasteiger partial charge on any atom is 0.257 e. The molecule has 0 unspecified atom stereocenters. The molecular formula is C54H70N2O6. The van der Waals surface area contributed by atoms with Gasteiger partial charge in [0.2, 0.25) is 0 Å². The van der Waals surface area contributed by atoms with Crippen molar-refractivity contribution >= 4 is 11.8 Å². The van der Waals surface area contributed by atoms with Gasteiger partial charge in [-0.2, -0.15) is 0 Å². The largest absolute Gasteiger partial charge is 0.493 e. The molecule has 8 nitrogen and oxygen atoms in total. The quantitative estimate of drug-likeness (QED) is 0.161. The van der Waals surface area contributed by atoms with Crippen molar-refractivity contribution in [2.45, 2.75) is 143 Å². The summed E-state index contributed by atoms with van der Waals surface area (Å²) in [5.74, 6) is 2.80. The minimum absolute atomic E-state index is 0.111. The van der Waals surface area contributed by atoms with Crippen molar-refractivity contribution in [2.24, 2.45) is 0 Å². The molecule has 2 N–H and O–H groups in total. The lowest BCUT2D eigenvalue weighted by Gasteiger charge is -2.29. The fraction of sp³-hybridized carbons (Fsp3) is 0.519. The predicted octanol–water partition coefficient (Wildman–Crippen LogP) is 10.1. The highest BCUT2D eigenvalue weighted by molar-refractivity contribution is 5.78. The highest BCUT2D eigenvalue weighted by Gasteiger charge is 2.30. The summed E-state index contributed by atoms with van der Waals surface area (Å²) in [5, 5.41) is 6.15. The summed E-state index contributed by atoms with van der Waals surface area (Å²) < 4.78 is 27.4. The van der Waals surface area contributed by atoms with Gasteiger partial charge in [0, 0.05) is 38.8 Å². The Morgan fingerprint density at radius 1 is 0.371 bits per heavy atom. The average molecular weight is 843 g/mol. The maximum absolute atomic E-state index is 13.4. The van der Waals surface area contributed by atoms with E-state index in [1.54, 1.807) is 0 Å². The van der Waals surface area contributed by atoms with Gasteiger partial charge >= 0.3 is 0 Å². The van der Waals surface area contributed by atoms with Crippen LogP contribution in [0.4, 0.5) is 0 Å². The van der Waals surface area contributed by atoms with Crippen molar-refractivity contribution in [1.82, 2.24) is 10.6 Å². The van der Waals surface area contributed by atoms with E-state index in [9.17, 15) is 9.59 Å². The fourth-order valence-electron chi connectivity index (χ4n) is 8.69. The van der Waals surface area contributed by atoms with Crippen LogP contribution < -0.4 is 29.6 Å². The zero-order valence-electron chi connectivity index (χ0n) is 39.6. The second kappa shape index (κ2) is 17.3. The number of amides is 2. The number of rotatable bonds is 0. The number of hydrogen-bond donors (Lipinski definition) is 2. The van der Waals surface area contributed by atoms with Crippen LogP contribution in [-0.2, 0) is 56.9 Å². The van der Waals surface area contributed by atoms with Crippen molar-refractivity contribution in [2.75, 3.05) is 39.5 Å². The fourth-order valence-corrected chi connectivity index (χ4v) is 8.69. The lowest BCUT2D eigenvalue weighted by Crippen LogP contribution is -2.31. The molecule has 8 heteroatoms. The van der Waals surface area contributed by atoms with Gasteiger partial charge in [-0.05, 0) is 101 Å². The normalized spacial score (nSPS) is 16.8. The lowest BCUT2D eigenvalue weighted by atomic mass is 9.79. The van der Waals surface area contributed by atoms with Gasteiger partial charge in [0.1, 0.15) is 23.0 Å². The number of carbonyl (C=O) groups is 2. The van der Waals surface area contributed by atoms with Gasteiger partial charge in [-0.1, -0.05) is 132 Å². The Morgan fingerprint density at radius 2 is 0.597 bits per heavy atom. The average Bonchev–Trinajstić information content (AvgIpc) is 3.18. The Labute approximate surface area is 370 Å². The molecule has 0 aromatic heterocycles. The van der Waals surface area contributed by atoms with Gasteiger partial charge in [0.05, 0.1) is 13.2 Å². The first-order chi connectivity index (χ1) is 29.0. The highest BCUT2D eigenvalue weighted by Crippen LogP contribution is 2.44. The van der Waals surface area contributed by atoms with Crippen LogP contribution in [0.2, 0.25) is 0 Å². The number of nitrogens with one attached hydrogen (secondary N) is 2. The summed E-state index contributed by atoms with van der Waals surface area (Å²) in [7, 11) is 0. The van der Waals surface area contributed by atoms with Crippen LogP contribution in [-0.4, -0.2) is 51.3 Å². The van der Waals surface area contributed by atoms with E-state index >= 15 is 0 Å². The van der Waals surface area contributed by atoms with Gasteiger partial charge in [0.15, 0.2) is 13.2 Å². The van der Waals surface area contributed by atoms with Gasteiger partial charge in [-0.3, -0.25) is 9.59 Å². The van der Waals surface area contributed by atoms with E-state index in [1.165, 1.54) is 22.3 Å². The molecule has 7 rings (SSSR count). The van der Waals surface area contributed by atoms with Gasteiger partial charge < -0.3 is 29.6 Å². The highest BCUT2D eigenvalue weighted by atomic mass is 16.5. The van der Waals surface area contributed by atoms with Crippen molar-refractivity contribution < 1.29 is 28.5 Å². The summed E-state index contributed by atoms with van der Waals surface area (Å²) in [5.41, 5.74) is 12.4. The molecule has 4 aromatic rings. The van der Waals surface area contributed by atoms with Crippen molar-refractivity contribution in [3.63, 3.8) is 0 Å². The molecule has 4 aromatic carbocycles. The molecule has 2 heterocycles. The summed E-state index contributed by atoms with van der Waals surface area (Å²) in [6.45, 7) is 28.7. The van der Waals surface area contributed by atoms with Crippen LogP contribution in [0, 0.1) is 0 Å². The van der Waals surface area contributed by atoms with E-state index in [1.807, 2.05) is 0 Å². The topological polar surface area (TPSA) is 95.1 Å². The van der Waals surface area contributed by atoms with Gasteiger partial charge in [-0.15, -0.1) is 0 Å². The third kappa shape index (κ3) is 10.3. The first-order valence-electron chi connectivity index (χ1n) is 22.7. The Bertz CT molecular complexity index is 2180. The Balaban J connectivity index is 1.65. The molecule has 0 fully saturated rings. The Morgan fingerprint density at radius 3 is 0.823 bits per heavy atom. The maximum atomic E-state index is 13.4. The Kier molecular flexibility index (Phi) is 12.6. The number of benzene rings is 4. The summed E-state index contributed by atoms with van der Waals surface area (Å²) in [6, 6.07) is 18.4. The molecule has 0 saturated heterocycles. The van der Waals surface area contributed by atoms with Crippen molar-refractivity contribution in [1.29, 1.82) is 0 Å². The first kappa shape index (κ1) is 45.1. The lowest BCUT2D eigenvalue weighted by molar-refractivity contribution is -0.123. The van der Waals surface area contributed by atoms with Crippen LogP contribution in [0.1, 0.15) is 163 Å². The van der Waals surface area contributed by atoms with Crippen LogP contribution >= 0.6 is 0 Å². The van der Waals surface area contributed by atoms with Crippen LogP contribution in [0.15, 0.2) is 48.5 Å². The second-order valence-electron chi connectivity index (χ2n) is 21.9. The molecule has 2 amide bonds. The zero-order chi connectivity index (χ0) is 44.8. The van der Waals surface area contributed by atoms with Gasteiger partial charge in [0.25, 0.3) is 11.8 Å². The zero-order valence-corrected chi connectivity index (χ0v) is 39.6. The van der Waals surface area contributed by atoms with Crippen LogP contribution in [0.5, 0.6) is 23.0 Å². The summed E-state index contributed by atoms with van der Waals surface area (Å²) >= 11 is 0. The predicted molar refractivity (Wildman–Crippen MR) is 249 cm³/mol. The van der Waals surface area contributed by atoms with Crippen LogP contribution in [0.25, 0.3) is 0 Å². The van der Waals surface area contributed by atoms with Crippen molar-refractivity contribution in [3.8, 4) is 23.0 Å². The second-order valence-corrected chi connectivity index (χ2v) is 21.9. The third-order valence-electron chi connectivity index (χ3n) is 12.4. The monoisotopic (exact) mass is 843 g/mol. The molecule has 0 atom stereocenters. The van der Waals surface area contributed by atoms with Crippen molar-refractivity contribution in [3.05, 3.63) is 115 Å². The first-order valence-corrected chi connectivity index (χ1v) is 22.7. The summed E-state index contributed by atoms with van der Waals surface area (Å²) in [4.78, 5) is 26.8. The van der Waals surface area contributed by atoms with E-state index in [-0.39, 0.29) is 46.7 Å². The smallest absolute Gasteiger partial charge is 0.257 e. The van der Waals surface area contributed by atoms with E-state index in [4.69, 9.17) is 18.9 Å². The SMILES string of the molecule is CC(C)(C)c1cc2c3c(c1)Cc1cc(C(C)(C)C)cc(c1OCC(=O)NCCCO3)Cc1cc(C(C)(C)C)cc3c1OCC(=O)NCCCOc1c(cc(C(C)(C)C)cc1C3)C2.